The van der Waals surface area contributed by atoms with E-state index in [1.165, 1.54) is 4.90 Å². The number of sulfonamides is 1. The normalized spacial score (nSPS) is 12.2. The third-order valence-corrected chi connectivity index (χ3v) is 8.09. The van der Waals surface area contributed by atoms with Gasteiger partial charge in [-0.2, -0.15) is 0 Å². The van der Waals surface area contributed by atoms with Gasteiger partial charge in [0, 0.05) is 12.6 Å². The number of nitrogens with one attached hydrogen (secondary N) is 1. The molecule has 1 atom stereocenters. The van der Waals surface area contributed by atoms with Crippen molar-refractivity contribution in [3.63, 3.8) is 0 Å². The van der Waals surface area contributed by atoms with E-state index in [-0.39, 0.29) is 23.4 Å². The molecule has 0 saturated heterocycles. The zero-order valence-corrected chi connectivity index (χ0v) is 23.7. The van der Waals surface area contributed by atoms with Crippen molar-refractivity contribution in [2.45, 2.75) is 65.1 Å². The Hall–Kier alpha value is -3.65. The van der Waals surface area contributed by atoms with E-state index >= 15 is 0 Å². The third kappa shape index (κ3) is 7.01. The number of hydrogen-bond acceptors (Lipinski definition) is 4. The Labute approximate surface area is 226 Å². The molecule has 0 aliphatic rings. The number of carbonyl (C=O) groups excluding carboxylic acids is 2. The molecule has 0 aliphatic heterocycles. The SMILES string of the molecule is Cc1ccc(S(=O)(=O)N(CC(=O)N(Cc2ccccc2)C(C)C(=O)NC(C)C)c2cc(C)ccc2C)cc1. The van der Waals surface area contributed by atoms with Crippen LogP contribution in [0.4, 0.5) is 5.69 Å². The first-order valence-electron chi connectivity index (χ1n) is 12.7. The van der Waals surface area contributed by atoms with Crippen LogP contribution in [0, 0.1) is 20.8 Å². The molecule has 7 nitrogen and oxygen atoms in total. The molecule has 0 fully saturated rings. The average Bonchev–Trinajstić information content (AvgIpc) is 2.87. The van der Waals surface area contributed by atoms with Crippen LogP contribution in [0.15, 0.2) is 77.7 Å². The molecule has 3 aromatic carbocycles. The first-order chi connectivity index (χ1) is 17.9. The molecule has 1 unspecified atom stereocenters. The van der Waals surface area contributed by atoms with Crippen molar-refractivity contribution in [3.8, 4) is 0 Å². The molecule has 3 aromatic rings. The quantitative estimate of drug-likeness (QED) is 0.406. The predicted molar refractivity (Wildman–Crippen MR) is 151 cm³/mol. The van der Waals surface area contributed by atoms with Crippen molar-refractivity contribution in [2.24, 2.45) is 0 Å². The van der Waals surface area contributed by atoms with Crippen molar-refractivity contribution < 1.29 is 18.0 Å². The number of anilines is 1. The Balaban J connectivity index is 2.06. The summed E-state index contributed by atoms with van der Waals surface area (Å²) in [5, 5.41) is 2.86. The summed E-state index contributed by atoms with van der Waals surface area (Å²) in [7, 11) is -4.09. The van der Waals surface area contributed by atoms with Gasteiger partial charge in [-0.3, -0.25) is 13.9 Å². The molecule has 0 heterocycles. The van der Waals surface area contributed by atoms with Gasteiger partial charge >= 0.3 is 0 Å². The van der Waals surface area contributed by atoms with E-state index in [4.69, 9.17) is 0 Å². The van der Waals surface area contributed by atoms with Gasteiger partial charge in [0.2, 0.25) is 11.8 Å². The summed E-state index contributed by atoms with van der Waals surface area (Å²) in [5.74, 6) is -0.777. The van der Waals surface area contributed by atoms with E-state index in [0.29, 0.717) is 5.69 Å². The molecule has 0 spiro atoms. The van der Waals surface area contributed by atoms with Crippen molar-refractivity contribution >= 4 is 27.5 Å². The molecule has 0 aromatic heterocycles. The molecule has 1 N–H and O–H groups in total. The van der Waals surface area contributed by atoms with Crippen LogP contribution in [-0.4, -0.2) is 43.8 Å². The number of nitrogens with zero attached hydrogens (tertiary/aromatic N) is 2. The lowest BCUT2D eigenvalue weighted by molar-refractivity contribution is -0.139. The van der Waals surface area contributed by atoms with Crippen LogP contribution in [-0.2, 0) is 26.2 Å². The van der Waals surface area contributed by atoms with Crippen LogP contribution in [0.5, 0.6) is 0 Å². The highest BCUT2D eigenvalue weighted by molar-refractivity contribution is 7.92. The summed E-state index contributed by atoms with van der Waals surface area (Å²) in [6.45, 7) is 10.7. The number of carbonyl (C=O) groups is 2. The molecule has 2 amide bonds. The molecular weight excluding hydrogens is 498 g/mol. The van der Waals surface area contributed by atoms with E-state index in [9.17, 15) is 18.0 Å². The fourth-order valence-electron chi connectivity index (χ4n) is 4.11. The van der Waals surface area contributed by atoms with E-state index in [1.807, 2.05) is 77.1 Å². The van der Waals surface area contributed by atoms with Gasteiger partial charge in [-0.1, -0.05) is 60.2 Å². The van der Waals surface area contributed by atoms with Gasteiger partial charge in [0.05, 0.1) is 10.6 Å². The molecule has 0 saturated carbocycles. The number of aryl methyl sites for hydroxylation is 3. The smallest absolute Gasteiger partial charge is 0.264 e. The first-order valence-corrected chi connectivity index (χ1v) is 14.1. The number of amides is 2. The van der Waals surface area contributed by atoms with Gasteiger partial charge in [-0.05, 0) is 76.4 Å². The lowest BCUT2D eigenvalue weighted by atomic mass is 10.1. The Bertz CT molecular complexity index is 1370. The second-order valence-electron chi connectivity index (χ2n) is 9.96. The topological polar surface area (TPSA) is 86.8 Å². The summed E-state index contributed by atoms with van der Waals surface area (Å²) in [6, 6.07) is 20.5. The Morgan fingerprint density at radius 3 is 2.05 bits per heavy atom. The van der Waals surface area contributed by atoms with E-state index in [2.05, 4.69) is 5.32 Å². The zero-order valence-electron chi connectivity index (χ0n) is 22.9. The second-order valence-corrected chi connectivity index (χ2v) is 11.8. The fraction of sp³-hybridized carbons (Fsp3) is 0.333. The van der Waals surface area contributed by atoms with Gasteiger partial charge in [0.15, 0.2) is 0 Å². The maximum absolute atomic E-state index is 13.9. The van der Waals surface area contributed by atoms with Gasteiger partial charge in [-0.25, -0.2) is 8.42 Å². The largest absolute Gasteiger partial charge is 0.352 e. The van der Waals surface area contributed by atoms with Crippen LogP contribution in [0.1, 0.15) is 43.0 Å². The minimum absolute atomic E-state index is 0.0945. The Morgan fingerprint density at radius 1 is 0.842 bits per heavy atom. The van der Waals surface area contributed by atoms with Crippen LogP contribution >= 0.6 is 0 Å². The molecule has 0 radical (unpaired) electrons. The summed E-state index contributed by atoms with van der Waals surface area (Å²) < 4.78 is 29.1. The van der Waals surface area contributed by atoms with Gasteiger partial charge in [-0.15, -0.1) is 0 Å². The molecule has 0 aliphatic carbocycles. The van der Waals surface area contributed by atoms with Crippen molar-refractivity contribution in [3.05, 3.63) is 95.1 Å². The minimum Gasteiger partial charge on any atom is -0.352 e. The highest BCUT2D eigenvalue weighted by Gasteiger charge is 2.33. The molecule has 3 rings (SSSR count). The van der Waals surface area contributed by atoms with Gasteiger partial charge in [0.1, 0.15) is 12.6 Å². The summed E-state index contributed by atoms with van der Waals surface area (Å²) in [6.07, 6.45) is 0. The zero-order chi connectivity index (χ0) is 28.0. The number of benzene rings is 3. The maximum Gasteiger partial charge on any atom is 0.264 e. The van der Waals surface area contributed by atoms with Gasteiger partial charge in [0.25, 0.3) is 10.0 Å². The molecule has 0 bridgehead atoms. The van der Waals surface area contributed by atoms with Crippen molar-refractivity contribution in [1.82, 2.24) is 10.2 Å². The van der Waals surface area contributed by atoms with Crippen LogP contribution in [0.25, 0.3) is 0 Å². The molecule has 202 valence electrons. The molecule has 8 heteroatoms. The summed E-state index contributed by atoms with van der Waals surface area (Å²) in [5.41, 5.74) is 3.78. The number of rotatable bonds is 10. The fourth-order valence-corrected chi connectivity index (χ4v) is 5.58. The molecular formula is C30H37N3O4S. The van der Waals surface area contributed by atoms with E-state index < -0.39 is 28.5 Å². The highest BCUT2D eigenvalue weighted by atomic mass is 32.2. The lowest BCUT2D eigenvalue weighted by Crippen LogP contribution is -2.52. The predicted octanol–water partition coefficient (Wildman–Crippen LogP) is 4.75. The standard InChI is InChI=1S/C30H37N3O4S/c1-21(2)31-30(35)25(6)32(19-26-10-8-7-9-11-26)29(34)20-33(28-18-23(4)12-15-24(28)5)38(36,37)27-16-13-22(3)14-17-27/h7-18,21,25H,19-20H2,1-6H3,(H,31,35). The minimum atomic E-state index is -4.09. The Morgan fingerprint density at radius 2 is 1.45 bits per heavy atom. The number of hydrogen-bond donors (Lipinski definition) is 1. The van der Waals surface area contributed by atoms with Crippen LogP contribution < -0.4 is 9.62 Å². The van der Waals surface area contributed by atoms with Crippen molar-refractivity contribution in [2.75, 3.05) is 10.8 Å². The van der Waals surface area contributed by atoms with E-state index in [1.54, 1.807) is 37.3 Å². The first kappa shape index (κ1) is 28.9. The lowest BCUT2D eigenvalue weighted by Gasteiger charge is -2.33. The average molecular weight is 536 g/mol. The van der Waals surface area contributed by atoms with Crippen LogP contribution in [0.2, 0.25) is 0 Å². The maximum atomic E-state index is 13.9. The Kier molecular flexibility index (Phi) is 9.33. The third-order valence-electron chi connectivity index (χ3n) is 6.32. The molecule has 38 heavy (non-hydrogen) atoms. The van der Waals surface area contributed by atoms with Gasteiger partial charge < -0.3 is 10.2 Å². The summed E-state index contributed by atoms with van der Waals surface area (Å²) >= 11 is 0. The second kappa shape index (κ2) is 12.3. The van der Waals surface area contributed by atoms with E-state index in [0.717, 1.165) is 26.6 Å². The van der Waals surface area contributed by atoms with Crippen LogP contribution in [0.3, 0.4) is 0 Å². The van der Waals surface area contributed by atoms with Crippen molar-refractivity contribution in [1.29, 1.82) is 0 Å². The monoisotopic (exact) mass is 535 g/mol. The summed E-state index contributed by atoms with van der Waals surface area (Å²) in [4.78, 5) is 28.4. The highest BCUT2D eigenvalue weighted by Crippen LogP contribution is 2.28.